The number of allylic oxidation sites excluding steroid dienone is 2. The smallest absolute Gasteiger partial charge is 0.339 e. The molecular weight excluding hydrogens is 1160 g/mol. The standard InChI is InChI=1S/C57H52O30/c1-11-36(65)14-5-17(37(11)66)55(79)83-25-10-82-53(77)15-7-22(62)38(67)40(69)27(15)28-16(8-23(63)39(68)41(28)70)54(78)85-50(25)52-51-33(29-21(61)9-19(59)13-6-24(64)48(84-49(13)29)12-2-3-18(58)20(60)4-12)32-35(57(81)86-51)31(44(73)47(76)45(32)74)30-34(56(80)87-52)26(14)42(71)46(75)43(30)72/h2-5,8-9,11,14-15,22,24-25,27,31-33,35-37,45,48,50-52,58-76H,6-7,10H2,1H3/t11-,14+,15?,22-,24+,25?,27-,31+,32-,33-,35?,36?,37-,45-,48?,50?,51?,52?/m1/s1. The zero-order valence-corrected chi connectivity index (χ0v) is 44.5. The number of carbonyl (C=O) groups excluding carboxylic acids is 5. The maximum absolute atomic E-state index is 16.0. The Kier molecular flexibility index (Phi) is 13.4. The number of aliphatic hydroxyl groups excluding tert-OH is 9. The van der Waals surface area contributed by atoms with Crippen LogP contribution in [0.1, 0.15) is 97.2 Å². The molecule has 87 heavy (non-hydrogen) atoms. The number of hydrogen-bond donors (Lipinski definition) is 19. The quantitative estimate of drug-likeness (QED) is 0.0754. The lowest BCUT2D eigenvalue weighted by molar-refractivity contribution is -0.205. The summed E-state index contributed by atoms with van der Waals surface area (Å²) in [5, 5.41) is 219. The highest BCUT2D eigenvalue weighted by Crippen LogP contribution is 2.63. The minimum Gasteiger partial charge on any atom is -0.508 e. The highest BCUT2D eigenvalue weighted by molar-refractivity contribution is 5.99. The van der Waals surface area contributed by atoms with Gasteiger partial charge in [0.15, 0.2) is 64.3 Å². The third-order valence-electron chi connectivity index (χ3n) is 18.0. The van der Waals surface area contributed by atoms with Gasteiger partial charge < -0.3 is 125 Å². The Labute approximate surface area is 485 Å². The molecule has 30 heteroatoms. The van der Waals surface area contributed by atoms with Gasteiger partial charge in [0.1, 0.15) is 59.8 Å². The van der Waals surface area contributed by atoms with Crippen LogP contribution in [0.5, 0.6) is 63.2 Å². The zero-order valence-electron chi connectivity index (χ0n) is 44.5. The van der Waals surface area contributed by atoms with Crippen LogP contribution < -0.4 is 4.74 Å². The van der Waals surface area contributed by atoms with Crippen molar-refractivity contribution in [1.82, 2.24) is 0 Å². The van der Waals surface area contributed by atoms with Crippen LogP contribution in [-0.4, -0.2) is 188 Å². The van der Waals surface area contributed by atoms with Crippen LogP contribution >= 0.6 is 0 Å². The number of phenolic OH excluding ortho intramolecular Hbond substituents is 10. The van der Waals surface area contributed by atoms with Crippen molar-refractivity contribution in [2.45, 2.75) is 104 Å². The van der Waals surface area contributed by atoms with Gasteiger partial charge in [-0.1, -0.05) is 19.1 Å². The summed E-state index contributed by atoms with van der Waals surface area (Å²) in [4.78, 5) is 76.6. The Morgan fingerprint density at radius 2 is 1.18 bits per heavy atom. The van der Waals surface area contributed by atoms with E-state index in [0.717, 1.165) is 25.1 Å². The summed E-state index contributed by atoms with van der Waals surface area (Å²) in [6, 6.07) is 4.22. The SMILES string of the molecule is C[C@@H]1C(O)[C@H]2C=C(C(=O)OC3COC(=O)C4C[C@@H](O)C(O)=C(O)[C@H]4c4c(cc(O)c(O)c4O)C(=O)OC3C3OC(=O)c4c2c(O)c(O)c(O)c4[C@@H]2C(O)=C(O)[C@H](O)[C@H]4C2C(=O)OC3[C@@H]4c2c(O)cc(O)c3c2OC(c2ccc(O)c(O)c2)[C@@H](O)C3)[C@@H]1O. The van der Waals surface area contributed by atoms with E-state index in [9.17, 15) is 102 Å². The summed E-state index contributed by atoms with van der Waals surface area (Å²) in [5.74, 6) is -44.2. The molecule has 3 aliphatic carbocycles. The summed E-state index contributed by atoms with van der Waals surface area (Å²) in [6.45, 7) is -0.308. The average molecular weight is 1220 g/mol. The number of hydrogen-bond acceptors (Lipinski definition) is 30. The van der Waals surface area contributed by atoms with E-state index in [2.05, 4.69) is 0 Å². The number of fused-ring (bicyclic) bond motifs is 14. The molecule has 0 radical (unpaired) electrons. The summed E-state index contributed by atoms with van der Waals surface area (Å²) >= 11 is 0. The Hall–Kier alpha value is -9.75. The minimum atomic E-state index is -2.87. The van der Waals surface area contributed by atoms with Gasteiger partial charge in [-0.3, -0.25) is 9.59 Å². The summed E-state index contributed by atoms with van der Waals surface area (Å²) < 4.78 is 36.7. The Morgan fingerprint density at radius 1 is 0.517 bits per heavy atom. The normalized spacial score (nSPS) is 33.6. The monoisotopic (exact) mass is 1220 g/mol. The molecule has 4 aromatic carbocycles. The predicted molar refractivity (Wildman–Crippen MR) is 277 cm³/mol. The van der Waals surface area contributed by atoms with Gasteiger partial charge in [0.25, 0.3) is 0 Å². The molecule has 19 N–H and O–H groups in total. The number of aliphatic hydroxyl groups is 9. The second-order valence-electron chi connectivity index (χ2n) is 22.6. The number of aromatic hydroxyl groups is 10. The molecule has 4 aromatic rings. The van der Waals surface area contributed by atoms with Crippen LogP contribution in [0.2, 0.25) is 0 Å². The molecule has 1 fully saturated rings. The van der Waals surface area contributed by atoms with Gasteiger partial charge in [0.2, 0.25) is 11.5 Å². The lowest BCUT2D eigenvalue weighted by Gasteiger charge is -2.52. The molecule has 0 spiro atoms. The van der Waals surface area contributed by atoms with Crippen molar-refractivity contribution in [3.8, 4) is 63.2 Å². The number of esters is 5. The van der Waals surface area contributed by atoms with E-state index in [-0.39, 0.29) is 11.1 Å². The number of ether oxygens (including phenoxy) is 6. The number of cyclic esters (lactones) is 1. The predicted octanol–water partition coefficient (Wildman–Crippen LogP) is 0.927. The average Bonchev–Trinajstić information content (AvgIpc) is 0.778. The summed E-state index contributed by atoms with van der Waals surface area (Å²) in [5.41, 5.74) is -7.66. The molecule has 0 amide bonds. The molecule has 12 rings (SSSR count). The highest BCUT2D eigenvalue weighted by atomic mass is 16.6. The molecule has 5 aliphatic heterocycles. The summed E-state index contributed by atoms with van der Waals surface area (Å²) in [7, 11) is 0. The number of carbonyl (C=O) groups is 5. The Bertz CT molecular complexity index is 3810. The van der Waals surface area contributed by atoms with Crippen LogP contribution in [0.25, 0.3) is 0 Å². The maximum atomic E-state index is 16.0. The molecule has 460 valence electrons. The first-order chi connectivity index (χ1) is 41.0. The molecule has 5 heterocycles. The minimum absolute atomic E-state index is 0.0920. The molecule has 18 atom stereocenters. The van der Waals surface area contributed by atoms with Crippen molar-refractivity contribution in [1.29, 1.82) is 0 Å². The van der Waals surface area contributed by atoms with Crippen LogP contribution in [0.3, 0.4) is 0 Å². The summed E-state index contributed by atoms with van der Waals surface area (Å²) in [6.07, 6.45) is -24.0. The first-order valence-corrected chi connectivity index (χ1v) is 26.8. The van der Waals surface area contributed by atoms with E-state index >= 15 is 19.2 Å². The van der Waals surface area contributed by atoms with Crippen LogP contribution in [-0.2, 0) is 44.5 Å². The van der Waals surface area contributed by atoms with Crippen molar-refractivity contribution in [3.05, 3.63) is 110 Å². The number of benzene rings is 4. The Morgan fingerprint density at radius 3 is 1.89 bits per heavy atom. The fourth-order valence-electron chi connectivity index (χ4n) is 13.8. The van der Waals surface area contributed by atoms with Crippen LogP contribution in [0, 0.1) is 23.7 Å². The van der Waals surface area contributed by atoms with Gasteiger partial charge in [-0.15, -0.1) is 0 Å². The van der Waals surface area contributed by atoms with Gasteiger partial charge >= 0.3 is 29.8 Å². The molecule has 30 nitrogen and oxygen atoms in total. The number of rotatable bonds is 2. The van der Waals surface area contributed by atoms with E-state index in [4.69, 9.17) is 28.4 Å². The fraction of sp³-hybridized carbons (Fsp3) is 0.386. The van der Waals surface area contributed by atoms with E-state index < -0.39 is 283 Å². The maximum Gasteiger partial charge on any atom is 0.339 e. The lowest BCUT2D eigenvalue weighted by atomic mass is 9.59. The fourth-order valence-corrected chi connectivity index (χ4v) is 13.8. The third-order valence-corrected chi connectivity index (χ3v) is 18.0. The highest BCUT2D eigenvalue weighted by Gasteiger charge is 2.65. The molecule has 0 aromatic heterocycles. The Balaban J connectivity index is 1.19. The van der Waals surface area contributed by atoms with Gasteiger partial charge in [-0.05, 0) is 30.2 Å². The van der Waals surface area contributed by atoms with Crippen molar-refractivity contribution in [2.24, 2.45) is 23.7 Å². The first-order valence-electron chi connectivity index (χ1n) is 26.8. The molecule has 0 saturated carbocycles. The third kappa shape index (κ3) is 8.36. The van der Waals surface area contributed by atoms with Gasteiger partial charge in [0, 0.05) is 64.0 Å². The van der Waals surface area contributed by atoms with Crippen molar-refractivity contribution < 1.29 is 149 Å². The van der Waals surface area contributed by atoms with E-state index in [1.165, 1.54) is 6.07 Å². The van der Waals surface area contributed by atoms with Crippen molar-refractivity contribution >= 4 is 29.8 Å². The topological polar surface area (TPSA) is 525 Å². The number of phenols is 10. The molecular formula is C57H52O30. The van der Waals surface area contributed by atoms with Crippen LogP contribution in [0.4, 0.5) is 0 Å². The van der Waals surface area contributed by atoms with E-state index in [1.54, 1.807) is 0 Å². The van der Waals surface area contributed by atoms with Crippen molar-refractivity contribution in [2.75, 3.05) is 6.61 Å². The lowest BCUT2D eigenvalue weighted by Crippen LogP contribution is -2.62. The largest absolute Gasteiger partial charge is 0.508 e. The molecule has 6 bridgehead atoms. The van der Waals surface area contributed by atoms with E-state index in [0.29, 0.717) is 12.1 Å². The van der Waals surface area contributed by atoms with E-state index in [1.807, 2.05) is 0 Å². The molecule has 1 saturated heterocycles. The van der Waals surface area contributed by atoms with Crippen LogP contribution in [0.15, 0.2) is 65.0 Å². The zero-order chi connectivity index (χ0) is 62.7. The molecule has 8 aliphatic rings. The second kappa shape index (κ2) is 20.2. The van der Waals surface area contributed by atoms with Gasteiger partial charge in [0.05, 0.1) is 58.7 Å². The molecule has 8 unspecified atom stereocenters. The van der Waals surface area contributed by atoms with Gasteiger partial charge in [-0.2, -0.15) is 0 Å². The second-order valence-corrected chi connectivity index (χ2v) is 22.6. The van der Waals surface area contributed by atoms with Gasteiger partial charge in [-0.25, -0.2) is 14.4 Å². The first kappa shape index (κ1) is 57.7. The van der Waals surface area contributed by atoms with Crippen molar-refractivity contribution in [3.63, 3.8) is 0 Å².